The Hall–Kier alpha value is -1.73. The molecule has 1 heterocycles. The first kappa shape index (κ1) is 11.7. The monoisotopic (exact) mass is 273 g/mol. The van der Waals surface area contributed by atoms with Crippen LogP contribution >= 0.6 is 11.6 Å². The van der Waals surface area contributed by atoms with Crippen molar-refractivity contribution in [2.75, 3.05) is 0 Å². The van der Waals surface area contributed by atoms with Gasteiger partial charge in [0, 0.05) is 5.56 Å². The van der Waals surface area contributed by atoms with E-state index in [4.69, 9.17) is 11.6 Å². The lowest BCUT2D eigenvalue weighted by molar-refractivity contribution is 0.0769. The summed E-state index contributed by atoms with van der Waals surface area (Å²) in [6.45, 7) is 0. The number of fused-ring (bicyclic) bond motifs is 1. The van der Waals surface area contributed by atoms with Gasteiger partial charge in [0.05, 0.1) is 11.1 Å². The van der Waals surface area contributed by atoms with Gasteiger partial charge in [-0.3, -0.25) is 14.4 Å². The summed E-state index contributed by atoms with van der Waals surface area (Å²) in [7, 11) is -3.34. The van der Waals surface area contributed by atoms with Crippen molar-refractivity contribution >= 4 is 39.5 Å². The number of hydrogen-bond acceptors (Lipinski definition) is 5. The summed E-state index contributed by atoms with van der Waals surface area (Å²) >= 11 is 5.22. The molecule has 0 radical (unpaired) electrons. The zero-order valence-corrected chi connectivity index (χ0v) is 9.70. The van der Waals surface area contributed by atoms with Crippen molar-refractivity contribution in [3.63, 3.8) is 0 Å². The number of nitrogens with zero attached hydrogens (tertiary/aromatic N) is 1. The van der Waals surface area contributed by atoms with Crippen LogP contribution in [0, 0.1) is 0 Å². The summed E-state index contributed by atoms with van der Waals surface area (Å²) in [6, 6.07) is 3.55. The number of halogens is 1. The van der Waals surface area contributed by atoms with Crippen molar-refractivity contribution in [2.24, 2.45) is 0 Å². The van der Waals surface area contributed by atoms with E-state index < -0.39 is 27.9 Å². The van der Waals surface area contributed by atoms with E-state index in [1.165, 1.54) is 12.1 Å². The molecule has 0 unspecified atom stereocenters. The fourth-order valence-corrected chi connectivity index (χ4v) is 2.13. The normalized spacial score (nSPS) is 14.4. The van der Waals surface area contributed by atoms with Gasteiger partial charge >= 0.3 is 0 Å². The lowest BCUT2D eigenvalue weighted by Crippen LogP contribution is -2.27. The highest BCUT2D eigenvalue weighted by atomic mass is 35.5. The second-order valence-corrected chi connectivity index (χ2v) is 4.41. The molecule has 0 saturated carbocycles. The Kier molecular flexibility index (Phi) is 2.72. The summed E-state index contributed by atoms with van der Waals surface area (Å²) in [4.78, 5) is 34.0. The highest BCUT2D eigenvalue weighted by Gasteiger charge is 2.37. The first-order valence-electron chi connectivity index (χ1n) is 4.30. The summed E-state index contributed by atoms with van der Waals surface area (Å²) in [5.74, 6) is -1.89. The summed E-state index contributed by atoms with van der Waals surface area (Å²) in [6.07, 6.45) is 0. The Morgan fingerprint density at radius 3 is 2.24 bits per heavy atom. The first-order valence-corrected chi connectivity index (χ1v) is 5.81. The van der Waals surface area contributed by atoms with Crippen LogP contribution in [0.5, 0.6) is 0 Å². The first-order chi connectivity index (χ1) is 7.93. The molecular weight excluding hydrogens is 270 g/mol. The summed E-state index contributed by atoms with van der Waals surface area (Å²) < 4.78 is 21.6. The maximum Gasteiger partial charge on any atom is 0.275 e. The number of amides is 2. The maximum atomic E-state index is 11.6. The number of benzene rings is 1. The molecule has 0 bridgehead atoms. The number of imide groups is 1. The van der Waals surface area contributed by atoms with E-state index in [2.05, 4.69) is 0 Å². The van der Waals surface area contributed by atoms with Crippen LogP contribution in [0.3, 0.4) is 0 Å². The van der Waals surface area contributed by atoms with E-state index in [0.29, 0.717) is 0 Å². The summed E-state index contributed by atoms with van der Waals surface area (Å²) in [5.41, 5.74) is -0.175. The van der Waals surface area contributed by atoms with Gasteiger partial charge in [0.1, 0.15) is 0 Å². The average Bonchev–Trinajstić information content (AvgIpc) is 2.51. The molecule has 0 aromatic heterocycles. The van der Waals surface area contributed by atoms with Crippen molar-refractivity contribution in [2.45, 2.75) is 0 Å². The van der Waals surface area contributed by atoms with E-state index in [-0.39, 0.29) is 21.0 Å². The Balaban J connectivity index is 2.62. The van der Waals surface area contributed by atoms with Crippen molar-refractivity contribution in [3.05, 3.63) is 34.9 Å². The lowest BCUT2D eigenvalue weighted by atomic mass is 10.1. The van der Waals surface area contributed by atoms with Gasteiger partial charge < -0.3 is 0 Å². The molecule has 0 N–H and O–H groups in total. The van der Waals surface area contributed by atoms with Crippen molar-refractivity contribution in [3.8, 4) is 0 Å². The number of hydrogen-bond donors (Lipinski definition) is 1. The third kappa shape index (κ3) is 1.73. The highest BCUT2D eigenvalue weighted by molar-refractivity contribution is 7.71. The maximum absolute atomic E-state index is 11.6. The number of thiol groups is 1. The van der Waals surface area contributed by atoms with Crippen LogP contribution in [0.25, 0.3) is 0 Å². The Morgan fingerprint density at radius 2 is 1.71 bits per heavy atom. The fourth-order valence-electron chi connectivity index (χ4n) is 1.50. The molecule has 0 atom stereocenters. The van der Waals surface area contributed by atoms with Gasteiger partial charge in [-0.15, -0.1) is 0 Å². The molecule has 1 aromatic rings. The molecule has 1 aromatic carbocycles. The minimum Gasteiger partial charge on any atom is -0.276 e. The molecule has 2 rings (SSSR count). The molecule has 0 aliphatic carbocycles. The SMILES string of the molecule is O=C(Cl)c1ccc2c(c1)C(=O)N([SH](=O)=O)C2=O. The minimum absolute atomic E-state index is 0.0227. The minimum atomic E-state index is -3.34. The Bertz CT molecular complexity index is 628. The zero-order chi connectivity index (χ0) is 12.7. The van der Waals surface area contributed by atoms with Gasteiger partial charge in [-0.05, 0) is 29.8 Å². The average molecular weight is 274 g/mol. The second-order valence-electron chi connectivity index (χ2n) is 3.19. The van der Waals surface area contributed by atoms with Crippen molar-refractivity contribution in [1.29, 1.82) is 0 Å². The quantitative estimate of drug-likeness (QED) is 0.472. The fraction of sp³-hybridized carbons (Fsp3) is 0. The lowest BCUT2D eigenvalue weighted by Gasteiger charge is -2.01. The number of rotatable bonds is 2. The van der Waals surface area contributed by atoms with Crippen LogP contribution in [0.1, 0.15) is 31.1 Å². The molecule has 0 saturated heterocycles. The molecular formula is C9H4ClNO5S. The third-order valence-corrected chi connectivity index (χ3v) is 3.16. The molecule has 88 valence electrons. The van der Waals surface area contributed by atoms with E-state index >= 15 is 0 Å². The van der Waals surface area contributed by atoms with E-state index in [0.717, 1.165) is 6.07 Å². The van der Waals surface area contributed by atoms with Crippen LogP contribution < -0.4 is 0 Å². The van der Waals surface area contributed by atoms with Gasteiger partial charge in [0.2, 0.25) is 10.9 Å². The van der Waals surface area contributed by atoms with Crippen LogP contribution in [0.4, 0.5) is 0 Å². The number of carbonyl (C=O) groups is 3. The standard InChI is InChI=1S/C9H4ClNO5S/c10-7(12)4-1-2-5-6(3-4)9(14)11(8(5)13)17(15)16/h1-3,17H. The smallest absolute Gasteiger partial charge is 0.275 e. The third-order valence-electron chi connectivity index (χ3n) is 2.26. The van der Waals surface area contributed by atoms with Crippen LogP contribution in [-0.2, 0) is 10.9 Å². The van der Waals surface area contributed by atoms with Gasteiger partial charge in [0.25, 0.3) is 17.1 Å². The molecule has 6 nitrogen and oxygen atoms in total. The molecule has 2 amide bonds. The second kappa shape index (κ2) is 3.94. The van der Waals surface area contributed by atoms with E-state index in [9.17, 15) is 22.8 Å². The van der Waals surface area contributed by atoms with Crippen LogP contribution in [-0.4, -0.2) is 29.8 Å². The Labute approximate surface area is 102 Å². The largest absolute Gasteiger partial charge is 0.276 e. The van der Waals surface area contributed by atoms with E-state index in [1.54, 1.807) is 0 Å². The van der Waals surface area contributed by atoms with Gasteiger partial charge in [0.15, 0.2) is 0 Å². The topological polar surface area (TPSA) is 88.6 Å². The highest BCUT2D eigenvalue weighted by Crippen LogP contribution is 2.24. The summed E-state index contributed by atoms with van der Waals surface area (Å²) in [5, 5.41) is -0.794. The van der Waals surface area contributed by atoms with Crippen molar-refractivity contribution in [1.82, 2.24) is 4.31 Å². The predicted molar refractivity (Wildman–Crippen MR) is 57.4 cm³/mol. The molecule has 1 aliphatic rings. The van der Waals surface area contributed by atoms with E-state index in [1.807, 2.05) is 0 Å². The zero-order valence-electron chi connectivity index (χ0n) is 8.05. The molecule has 17 heavy (non-hydrogen) atoms. The Morgan fingerprint density at radius 1 is 1.12 bits per heavy atom. The van der Waals surface area contributed by atoms with Crippen LogP contribution in [0.2, 0.25) is 0 Å². The van der Waals surface area contributed by atoms with Gasteiger partial charge in [-0.1, -0.05) is 0 Å². The molecule has 8 heteroatoms. The predicted octanol–water partition coefficient (Wildman–Crippen LogP) is 0.188. The molecule has 0 fully saturated rings. The van der Waals surface area contributed by atoms with Gasteiger partial charge in [-0.25, -0.2) is 8.42 Å². The van der Waals surface area contributed by atoms with Crippen molar-refractivity contribution < 1.29 is 22.8 Å². The molecule has 1 aliphatic heterocycles. The van der Waals surface area contributed by atoms with Gasteiger partial charge in [-0.2, -0.15) is 4.31 Å². The molecule has 0 spiro atoms. The van der Waals surface area contributed by atoms with Crippen LogP contribution in [0.15, 0.2) is 18.2 Å². The number of carbonyl (C=O) groups excluding carboxylic acids is 3.